The Morgan fingerprint density at radius 1 is 0.528 bits per heavy atom. The molecule has 13 rings (SSSR count). The van der Waals surface area contributed by atoms with E-state index in [1.54, 1.807) is 5.56 Å². The number of para-hydroxylation sites is 1. The van der Waals surface area contributed by atoms with Crippen LogP contribution in [0.25, 0.3) is 44.2 Å². The highest BCUT2D eigenvalue weighted by molar-refractivity contribution is 6.11. The molecular formula is C51H43NO. The third-order valence-electron chi connectivity index (χ3n) is 16.1. The molecule has 53 heavy (non-hydrogen) atoms. The molecule has 258 valence electrons. The van der Waals surface area contributed by atoms with E-state index < -0.39 is 0 Å². The Bertz CT molecular complexity index is 2660. The average molecular weight is 686 g/mol. The highest BCUT2D eigenvalue weighted by atomic mass is 16.3. The van der Waals surface area contributed by atoms with E-state index in [4.69, 9.17) is 4.42 Å². The van der Waals surface area contributed by atoms with E-state index in [-0.39, 0.29) is 10.8 Å². The molecule has 4 saturated carbocycles. The van der Waals surface area contributed by atoms with Crippen molar-refractivity contribution < 1.29 is 4.42 Å². The van der Waals surface area contributed by atoms with Crippen LogP contribution in [0.3, 0.4) is 0 Å². The van der Waals surface area contributed by atoms with Crippen molar-refractivity contribution in [1.82, 2.24) is 0 Å². The molecule has 2 atom stereocenters. The van der Waals surface area contributed by atoms with Gasteiger partial charge in [-0.2, -0.15) is 0 Å². The summed E-state index contributed by atoms with van der Waals surface area (Å²) in [6, 6.07) is 46.3. The Labute approximate surface area is 311 Å². The monoisotopic (exact) mass is 685 g/mol. The van der Waals surface area contributed by atoms with Crippen molar-refractivity contribution in [3.05, 3.63) is 149 Å². The summed E-state index contributed by atoms with van der Waals surface area (Å²) in [5.41, 5.74) is 18.8. The van der Waals surface area contributed by atoms with E-state index in [1.807, 2.05) is 0 Å². The fourth-order valence-electron chi connectivity index (χ4n) is 13.8. The number of rotatable bonds is 4. The normalized spacial score (nSPS) is 28.0. The first-order chi connectivity index (χ1) is 25.7. The molecule has 1 spiro atoms. The number of furan rings is 1. The maximum absolute atomic E-state index is 6.99. The molecule has 0 N–H and O–H groups in total. The molecule has 2 unspecified atom stereocenters. The molecule has 6 aliphatic rings. The summed E-state index contributed by atoms with van der Waals surface area (Å²) in [4.78, 5) is 2.56. The van der Waals surface area contributed by atoms with Crippen molar-refractivity contribution in [3.63, 3.8) is 0 Å². The van der Waals surface area contributed by atoms with E-state index in [0.717, 1.165) is 28.9 Å². The minimum absolute atomic E-state index is 0.102. The minimum atomic E-state index is -0.102. The van der Waals surface area contributed by atoms with Gasteiger partial charge in [0.05, 0.1) is 5.69 Å². The number of nitrogens with zero attached hydrogens (tertiary/aromatic N) is 1. The first-order valence-corrected chi connectivity index (χ1v) is 20.0. The quantitative estimate of drug-likeness (QED) is 0.183. The highest BCUT2D eigenvalue weighted by Gasteiger charge is 2.87. The standard InChI is InChI=1S/C51H43NO/c1-48(2)41-14-8-5-11-35(41)37-19-17-33(25-43(37)48)52(34-18-20-38-36-12-6-9-15-42(36)49(3,4)44(38)26-34)45-24-29(23-40-39-13-7-10-16-46(39)53-47(40)45)50-27-31-21-30-22-32(28-50)51(30,31)50/h5-20,23-26,30-32H,21-22,27-28H2,1-4H3. The molecule has 0 aliphatic heterocycles. The molecule has 2 heteroatoms. The number of hydrogen-bond donors (Lipinski definition) is 0. The van der Waals surface area contributed by atoms with Gasteiger partial charge in [-0.1, -0.05) is 107 Å². The van der Waals surface area contributed by atoms with Crippen LogP contribution < -0.4 is 4.90 Å². The zero-order valence-corrected chi connectivity index (χ0v) is 31.0. The Kier molecular flexibility index (Phi) is 5.08. The van der Waals surface area contributed by atoms with Gasteiger partial charge < -0.3 is 9.32 Å². The van der Waals surface area contributed by atoms with Gasteiger partial charge in [-0.05, 0) is 141 Å². The molecule has 0 saturated heterocycles. The first-order valence-electron chi connectivity index (χ1n) is 20.0. The minimum Gasteiger partial charge on any atom is -0.454 e. The van der Waals surface area contributed by atoms with Gasteiger partial charge in [0.2, 0.25) is 0 Å². The van der Waals surface area contributed by atoms with Gasteiger partial charge in [0, 0.05) is 38.4 Å². The third kappa shape index (κ3) is 3.17. The van der Waals surface area contributed by atoms with Gasteiger partial charge in [-0.3, -0.25) is 0 Å². The summed E-state index contributed by atoms with van der Waals surface area (Å²) in [6.45, 7) is 9.58. The fraction of sp³-hybridized carbons (Fsp3) is 0.294. The van der Waals surface area contributed by atoms with Crippen LogP contribution in [-0.4, -0.2) is 0 Å². The van der Waals surface area contributed by atoms with Crippen LogP contribution in [-0.2, 0) is 16.2 Å². The number of anilines is 3. The Balaban J connectivity index is 1.09. The highest BCUT2D eigenvalue weighted by Crippen LogP contribution is 2.92. The lowest BCUT2D eigenvalue weighted by atomic mass is 9.12. The summed E-state index contributed by atoms with van der Waals surface area (Å²) < 4.78 is 6.99. The molecule has 0 radical (unpaired) electrons. The second-order valence-corrected chi connectivity index (χ2v) is 18.6. The maximum atomic E-state index is 6.99. The number of fused-ring (bicyclic) bond motifs is 9. The second-order valence-electron chi connectivity index (χ2n) is 18.6. The molecule has 1 aromatic heterocycles. The van der Waals surface area contributed by atoms with Gasteiger partial charge in [-0.15, -0.1) is 0 Å². The van der Waals surface area contributed by atoms with Crippen molar-refractivity contribution in [2.45, 2.75) is 69.6 Å². The molecule has 4 fully saturated rings. The van der Waals surface area contributed by atoms with E-state index >= 15 is 0 Å². The molecule has 6 aliphatic carbocycles. The summed E-state index contributed by atoms with van der Waals surface area (Å²) in [5, 5.41) is 2.48. The lowest BCUT2D eigenvalue weighted by Crippen LogP contribution is -2.87. The maximum Gasteiger partial charge on any atom is 0.159 e. The molecule has 0 amide bonds. The summed E-state index contributed by atoms with van der Waals surface area (Å²) in [7, 11) is 0. The average Bonchev–Trinajstić information content (AvgIpc) is 3.71. The summed E-state index contributed by atoms with van der Waals surface area (Å²) in [6.07, 6.45) is 5.65. The molecule has 2 nitrogen and oxygen atoms in total. The van der Waals surface area contributed by atoms with Crippen molar-refractivity contribution in [1.29, 1.82) is 0 Å². The van der Waals surface area contributed by atoms with Crippen molar-refractivity contribution in [2.24, 2.45) is 23.2 Å². The Morgan fingerprint density at radius 2 is 1.08 bits per heavy atom. The first kappa shape index (κ1) is 29.4. The summed E-state index contributed by atoms with van der Waals surface area (Å²) in [5.74, 6) is 2.83. The SMILES string of the molecule is CC1(C)c2ccccc2-c2ccc(N(c3ccc4c(c3)C(C)(C)c3ccccc3-4)c3cc(C45CC6CC7CC(C4)C765)cc4c3oc3ccccc34)cc21. The third-order valence-corrected chi connectivity index (χ3v) is 16.1. The van der Waals surface area contributed by atoms with Crippen LogP contribution >= 0.6 is 0 Å². The molecular weight excluding hydrogens is 643 g/mol. The van der Waals surface area contributed by atoms with E-state index in [0.29, 0.717) is 10.8 Å². The van der Waals surface area contributed by atoms with Gasteiger partial charge in [0.15, 0.2) is 5.58 Å². The summed E-state index contributed by atoms with van der Waals surface area (Å²) >= 11 is 0. The number of hydrogen-bond acceptors (Lipinski definition) is 2. The topological polar surface area (TPSA) is 16.4 Å². The van der Waals surface area contributed by atoms with E-state index in [9.17, 15) is 0 Å². The number of benzene rings is 6. The van der Waals surface area contributed by atoms with Crippen LogP contribution in [0.4, 0.5) is 17.1 Å². The van der Waals surface area contributed by atoms with Crippen LogP contribution in [0.5, 0.6) is 0 Å². The fourth-order valence-corrected chi connectivity index (χ4v) is 13.8. The molecule has 0 bridgehead atoms. The van der Waals surface area contributed by atoms with Gasteiger partial charge in [-0.25, -0.2) is 0 Å². The van der Waals surface area contributed by atoms with Crippen LogP contribution in [0.15, 0.2) is 126 Å². The molecule has 7 aromatic rings. The van der Waals surface area contributed by atoms with Crippen LogP contribution in [0.2, 0.25) is 0 Å². The van der Waals surface area contributed by atoms with Crippen molar-refractivity contribution >= 4 is 39.0 Å². The van der Waals surface area contributed by atoms with E-state index in [2.05, 4.69) is 154 Å². The zero-order chi connectivity index (χ0) is 35.2. The second kappa shape index (κ2) is 9.16. The predicted molar refractivity (Wildman–Crippen MR) is 217 cm³/mol. The smallest absolute Gasteiger partial charge is 0.159 e. The molecule has 1 heterocycles. The van der Waals surface area contributed by atoms with E-state index in [1.165, 1.54) is 98.0 Å². The lowest BCUT2D eigenvalue weighted by Gasteiger charge is -2.91. The Hall–Kier alpha value is -5.08. The van der Waals surface area contributed by atoms with Gasteiger partial charge in [0.25, 0.3) is 0 Å². The largest absolute Gasteiger partial charge is 0.454 e. The van der Waals surface area contributed by atoms with Crippen LogP contribution in [0, 0.1) is 23.2 Å². The lowest BCUT2D eigenvalue weighted by molar-refractivity contribution is -0.395. The Morgan fingerprint density at radius 3 is 1.66 bits per heavy atom. The molecule has 6 aromatic carbocycles. The van der Waals surface area contributed by atoms with Crippen molar-refractivity contribution in [3.8, 4) is 22.3 Å². The zero-order valence-electron chi connectivity index (χ0n) is 31.0. The van der Waals surface area contributed by atoms with Gasteiger partial charge >= 0.3 is 0 Å². The predicted octanol–water partition coefficient (Wildman–Crippen LogP) is 13.4. The van der Waals surface area contributed by atoms with Crippen molar-refractivity contribution in [2.75, 3.05) is 4.90 Å². The van der Waals surface area contributed by atoms with Crippen LogP contribution in [0.1, 0.15) is 81.2 Å². The van der Waals surface area contributed by atoms with Gasteiger partial charge in [0.1, 0.15) is 5.58 Å².